The second kappa shape index (κ2) is 6.05. The van der Waals surface area contributed by atoms with Crippen LogP contribution in [0.25, 0.3) is 0 Å². The van der Waals surface area contributed by atoms with Gasteiger partial charge in [-0.05, 0) is 49.2 Å². The van der Waals surface area contributed by atoms with Gasteiger partial charge in [0.1, 0.15) is 0 Å². The lowest BCUT2D eigenvalue weighted by atomic mass is 10.1. The summed E-state index contributed by atoms with van der Waals surface area (Å²) < 4.78 is 22.8. The number of anilines is 1. The second-order valence-corrected chi connectivity index (χ2v) is 6.94. The van der Waals surface area contributed by atoms with Crippen LogP contribution in [0.2, 0.25) is 5.02 Å². The maximum Gasteiger partial charge on any atom is 0.238 e. The van der Waals surface area contributed by atoms with E-state index in [1.165, 1.54) is 6.07 Å². The number of nitrogens with one attached hydrogen (secondary N) is 1. The Labute approximate surface area is 130 Å². The maximum absolute atomic E-state index is 11.4. The van der Waals surface area contributed by atoms with Crippen LogP contribution in [0, 0.1) is 6.92 Å². The molecule has 0 amide bonds. The summed E-state index contributed by atoms with van der Waals surface area (Å²) >= 11 is 6.15. The van der Waals surface area contributed by atoms with E-state index in [0.29, 0.717) is 5.02 Å². The van der Waals surface area contributed by atoms with Crippen molar-refractivity contribution in [1.29, 1.82) is 0 Å². The molecule has 0 saturated heterocycles. The molecule has 2 rings (SSSR count). The zero-order valence-corrected chi connectivity index (χ0v) is 13.4. The van der Waals surface area contributed by atoms with E-state index in [4.69, 9.17) is 16.7 Å². The van der Waals surface area contributed by atoms with Crippen LogP contribution in [0.15, 0.2) is 47.4 Å². The Morgan fingerprint density at radius 3 is 2.57 bits per heavy atom. The smallest absolute Gasteiger partial charge is 0.238 e. The molecule has 0 radical (unpaired) electrons. The van der Waals surface area contributed by atoms with Crippen molar-refractivity contribution in [2.45, 2.75) is 24.8 Å². The van der Waals surface area contributed by atoms with Gasteiger partial charge in [-0.25, -0.2) is 13.6 Å². The molecule has 0 heterocycles. The molecule has 4 nitrogen and oxygen atoms in total. The van der Waals surface area contributed by atoms with Crippen molar-refractivity contribution >= 4 is 27.3 Å². The summed E-state index contributed by atoms with van der Waals surface area (Å²) in [5, 5.41) is 9.05. The van der Waals surface area contributed by atoms with Gasteiger partial charge in [0.15, 0.2) is 0 Å². The highest BCUT2D eigenvalue weighted by atomic mass is 35.5. The number of nitrogens with two attached hydrogens (primary N) is 1. The van der Waals surface area contributed by atoms with Gasteiger partial charge < -0.3 is 5.32 Å². The third kappa shape index (κ3) is 3.97. The fourth-order valence-electron chi connectivity index (χ4n) is 2.03. The Kier molecular flexibility index (Phi) is 4.56. The first-order valence-corrected chi connectivity index (χ1v) is 8.35. The molecule has 3 N–H and O–H groups in total. The first kappa shape index (κ1) is 15.8. The number of sulfonamides is 1. The fourth-order valence-corrected chi connectivity index (χ4v) is 2.77. The molecule has 1 unspecified atom stereocenters. The molecule has 6 heteroatoms. The van der Waals surface area contributed by atoms with Crippen LogP contribution < -0.4 is 10.5 Å². The minimum Gasteiger partial charge on any atom is -0.377 e. The SMILES string of the molecule is Cc1ccc(Cl)c(NC(C)c2cccc(S(N)(=O)=O)c2)c1. The number of halogens is 1. The van der Waals surface area contributed by atoms with Gasteiger partial charge in [-0.15, -0.1) is 0 Å². The summed E-state index contributed by atoms with van der Waals surface area (Å²) in [7, 11) is -3.70. The van der Waals surface area contributed by atoms with Gasteiger partial charge in [-0.2, -0.15) is 0 Å². The Hall–Kier alpha value is -1.56. The van der Waals surface area contributed by atoms with Crippen LogP contribution in [-0.2, 0) is 10.0 Å². The largest absolute Gasteiger partial charge is 0.377 e. The lowest BCUT2D eigenvalue weighted by Crippen LogP contribution is -2.13. The first-order valence-electron chi connectivity index (χ1n) is 6.43. The van der Waals surface area contributed by atoms with Gasteiger partial charge in [0.2, 0.25) is 10.0 Å². The Balaban J connectivity index is 2.28. The highest BCUT2D eigenvalue weighted by Crippen LogP contribution is 2.27. The van der Waals surface area contributed by atoms with Crippen molar-refractivity contribution in [2.75, 3.05) is 5.32 Å². The van der Waals surface area contributed by atoms with E-state index in [9.17, 15) is 8.42 Å². The van der Waals surface area contributed by atoms with Crippen LogP contribution in [0.1, 0.15) is 24.1 Å². The molecular formula is C15H17ClN2O2S. The van der Waals surface area contributed by atoms with Crippen molar-refractivity contribution in [3.8, 4) is 0 Å². The monoisotopic (exact) mass is 324 g/mol. The van der Waals surface area contributed by atoms with Crippen molar-refractivity contribution in [3.63, 3.8) is 0 Å². The van der Waals surface area contributed by atoms with Crippen molar-refractivity contribution < 1.29 is 8.42 Å². The van der Waals surface area contributed by atoms with Crippen LogP contribution in [0.3, 0.4) is 0 Å². The second-order valence-electron chi connectivity index (χ2n) is 4.97. The molecule has 21 heavy (non-hydrogen) atoms. The van der Waals surface area contributed by atoms with Crippen LogP contribution in [0.5, 0.6) is 0 Å². The van der Waals surface area contributed by atoms with E-state index in [2.05, 4.69) is 5.32 Å². The topological polar surface area (TPSA) is 72.2 Å². The zero-order chi connectivity index (χ0) is 15.6. The molecule has 0 aliphatic carbocycles. The van der Waals surface area contributed by atoms with Gasteiger partial charge in [-0.3, -0.25) is 0 Å². The fraction of sp³-hybridized carbons (Fsp3) is 0.200. The van der Waals surface area contributed by atoms with Gasteiger partial charge in [0.05, 0.1) is 15.6 Å². The summed E-state index contributed by atoms with van der Waals surface area (Å²) in [5.41, 5.74) is 2.72. The van der Waals surface area contributed by atoms with Crippen LogP contribution in [-0.4, -0.2) is 8.42 Å². The van der Waals surface area contributed by atoms with Crippen LogP contribution in [0.4, 0.5) is 5.69 Å². The molecule has 1 atom stereocenters. The number of aryl methyl sites for hydroxylation is 1. The third-order valence-electron chi connectivity index (χ3n) is 3.18. The minimum atomic E-state index is -3.70. The van der Waals surface area contributed by atoms with E-state index < -0.39 is 10.0 Å². The minimum absolute atomic E-state index is 0.101. The van der Waals surface area contributed by atoms with Crippen LogP contribution >= 0.6 is 11.6 Å². The quantitative estimate of drug-likeness (QED) is 0.904. The molecule has 0 aromatic heterocycles. The molecule has 2 aromatic carbocycles. The predicted octanol–water partition coefficient (Wildman–Crippen LogP) is 3.47. The van der Waals surface area contributed by atoms with E-state index in [1.807, 2.05) is 38.1 Å². The zero-order valence-electron chi connectivity index (χ0n) is 11.8. The molecule has 0 aliphatic heterocycles. The van der Waals surface area contributed by atoms with Crippen molar-refractivity contribution in [1.82, 2.24) is 0 Å². The highest BCUT2D eigenvalue weighted by Gasteiger charge is 2.12. The lowest BCUT2D eigenvalue weighted by Gasteiger charge is -2.17. The van der Waals surface area contributed by atoms with Gasteiger partial charge in [0.25, 0.3) is 0 Å². The molecule has 0 bridgehead atoms. The summed E-state index contributed by atoms with van der Waals surface area (Å²) in [6.45, 7) is 3.91. The van der Waals surface area contributed by atoms with E-state index >= 15 is 0 Å². The molecule has 0 aliphatic rings. The summed E-state index contributed by atoms with van der Waals surface area (Å²) in [4.78, 5) is 0.101. The number of benzene rings is 2. The summed E-state index contributed by atoms with van der Waals surface area (Å²) in [5.74, 6) is 0. The van der Waals surface area contributed by atoms with E-state index in [-0.39, 0.29) is 10.9 Å². The average molecular weight is 325 g/mol. The predicted molar refractivity (Wildman–Crippen MR) is 86.0 cm³/mol. The van der Waals surface area contributed by atoms with Crippen molar-refractivity contribution in [2.24, 2.45) is 5.14 Å². The van der Waals surface area contributed by atoms with E-state index in [1.54, 1.807) is 12.1 Å². The Morgan fingerprint density at radius 2 is 1.90 bits per heavy atom. The average Bonchev–Trinajstić information content (AvgIpc) is 2.42. The van der Waals surface area contributed by atoms with E-state index in [0.717, 1.165) is 16.8 Å². The number of primary sulfonamides is 1. The molecule has 0 saturated carbocycles. The number of hydrogen-bond donors (Lipinski definition) is 2. The Bertz CT molecular complexity index is 760. The summed E-state index contributed by atoms with van der Waals surface area (Å²) in [6, 6.07) is 12.2. The van der Waals surface area contributed by atoms with Crippen molar-refractivity contribution in [3.05, 3.63) is 58.6 Å². The maximum atomic E-state index is 11.4. The lowest BCUT2D eigenvalue weighted by molar-refractivity contribution is 0.597. The van der Waals surface area contributed by atoms with Gasteiger partial charge >= 0.3 is 0 Å². The first-order chi connectivity index (χ1) is 9.77. The Morgan fingerprint density at radius 1 is 1.19 bits per heavy atom. The molecule has 112 valence electrons. The van der Waals surface area contributed by atoms with Gasteiger partial charge in [0, 0.05) is 6.04 Å². The number of hydrogen-bond acceptors (Lipinski definition) is 3. The highest BCUT2D eigenvalue weighted by molar-refractivity contribution is 7.89. The van der Waals surface area contributed by atoms with Gasteiger partial charge in [-0.1, -0.05) is 29.8 Å². The number of rotatable bonds is 4. The molecule has 2 aromatic rings. The molecule has 0 spiro atoms. The molecular weight excluding hydrogens is 308 g/mol. The summed E-state index contributed by atoms with van der Waals surface area (Å²) in [6.07, 6.45) is 0. The molecule has 0 fully saturated rings. The third-order valence-corrected chi connectivity index (χ3v) is 4.42. The normalized spacial score (nSPS) is 13.0. The standard InChI is InChI=1S/C15H17ClN2O2S/c1-10-6-7-14(16)15(8-10)18-11(2)12-4-3-5-13(9-12)21(17,19)20/h3-9,11,18H,1-2H3,(H2,17,19,20).